The van der Waals surface area contributed by atoms with Crippen LogP contribution in [0.4, 0.5) is 0 Å². The van der Waals surface area contributed by atoms with E-state index < -0.39 is 0 Å². The van der Waals surface area contributed by atoms with Crippen molar-refractivity contribution >= 4 is 5.96 Å². The van der Waals surface area contributed by atoms with E-state index in [0.29, 0.717) is 18.3 Å². The number of nitrogens with one attached hydrogen (secondary N) is 1. The van der Waals surface area contributed by atoms with Crippen LogP contribution in [0.3, 0.4) is 0 Å². The molecule has 1 aromatic rings. The second-order valence-electron chi connectivity index (χ2n) is 5.86. The van der Waals surface area contributed by atoms with Crippen LogP contribution in [0, 0.1) is 18.8 Å². The normalized spacial score (nSPS) is 19.9. The highest BCUT2D eigenvalue weighted by Gasteiger charge is 2.25. The molecule has 1 aliphatic rings. The molecule has 20 heavy (non-hydrogen) atoms. The first kappa shape index (κ1) is 14.8. The first-order valence-corrected chi connectivity index (χ1v) is 7.33. The van der Waals surface area contributed by atoms with Crippen LogP contribution in [0.2, 0.25) is 0 Å². The van der Waals surface area contributed by atoms with E-state index in [2.05, 4.69) is 39.2 Å². The van der Waals surface area contributed by atoms with E-state index in [9.17, 15) is 0 Å². The fourth-order valence-corrected chi connectivity index (χ4v) is 2.79. The van der Waals surface area contributed by atoms with E-state index in [0.717, 1.165) is 30.9 Å². The molecule has 0 bridgehead atoms. The lowest BCUT2D eigenvalue weighted by atomic mass is 9.97. The van der Waals surface area contributed by atoms with Gasteiger partial charge in [-0.2, -0.15) is 4.98 Å². The number of nitrogens with zero attached hydrogens (tertiary/aromatic N) is 4. The Morgan fingerprint density at radius 3 is 2.95 bits per heavy atom. The summed E-state index contributed by atoms with van der Waals surface area (Å²) in [6.45, 7) is 9.08. The lowest BCUT2D eigenvalue weighted by Gasteiger charge is -2.21. The summed E-state index contributed by atoms with van der Waals surface area (Å²) in [6.07, 6.45) is 2.54. The molecule has 2 heterocycles. The molecule has 1 aromatic heterocycles. The second-order valence-corrected chi connectivity index (χ2v) is 5.86. The predicted octanol–water partition coefficient (Wildman–Crippen LogP) is 1.82. The minimum absolute atomic E-state index is 0.551. The topological polar surface area (TPSA) is 66.5 Å². The van der Waals surface area contributed by atoms with Crippen LogP contribution >= 0.6 is 0 Å². The van der Waals surface area contributed by atoms with Crippen LogP contribution in [0.1, 0.15) is 38.4 Å². The Kier molecular flexibility index (Phi) is 4.98. The third kappa shape index (κ3) is 3.95. The van der Waals surface area contributed by atoms with Crippen molar-refractivity contribution in [3.05, 3.63) is 11.7 Å². The van der Waals surface area contributed by atoms with Gasteiger partial charge in [0.2, 0.25) is 5.89 Å². The molecular formula is C14H25N5O. The van der Waals surface area contributed by atoms with Gasteiger partial charge in [-0.1, -0.05) is 19.0 Å². The summed E-state index contributed by atoms with van der Waals surface area (Å²) in [5, 5.41) is 7.19. The second kappa shape index (κ2) is 6.72. The van der Waals surface area contributed by atoms with Gasteiger partial charge in [0.05, 0.1) is 6.54 Å². The quantitative estimate of drug-likeness (QED) is 0.672. The minimum atomic E-state index is 0.551. The summed E-state index contributed by atoms with van der Waals surface area (Å²) in [7, 11) is 1.82. The predicted molar refractivity (Wildman–Crippen MR) is 78.4 cm³/mol. The SMILES string of the molecule is CN=C(NCc1noc(C)n1)N1CCC(CC(C)C)C1. The van der Waals surface area contributed by atoms with Gasteiger partial charge in [0.1, 0.15) is 0 Å². The van der Waals surface area contributed by atoms with Crippen molar-refractivity contribution in [3.63, 3.8) is 0 Å². The molecule has 1 saturated heterocycles. The Labute approximate surface area is 120 Å². The van der Waals surface area contributed by atoms with Gasteiger partial charge >= 0.3 is 0 Å². The van der Waals surface area contributed by atoms with Gasteiger partial charge in [-0.15, -0.1) is 0 Å². The third-order valence-electron chi connectivity index (χ3n) is 3.58. The van der Waals surface area contributed by atoms with Crippen molar-refractivity contribution in [1.82, 2.24) is 20.4 Å². The van der Waals surface area contributed by atoms with Crippen LogP contribution in [-0.2, 0) is 6.54 Å². The first-order valence-electron chi connectivity index (χ1n) is 7.33. The molecule has 1 aliphatic heterocycles. The summed E-state index contributed by atoms with van der Waals surface area (Å²) < 4.78 is 4.96. The van der Waals surface area contributed by atoms with E-state index in [-0.39, 0.29) is 0 Å². The summed E-state index contributed by atoms with van der Waals surface area (Å²) in [5.74, 6) is 3.73. The average molecular weight is 279 g/mol. The summed E-state index contributed by atoms with van der Waals surface area (Å²) in [6, 6.07) is 0. The molecule has 1 unspecified atom stereocenters. The largest absolute Gasteiger partial charge is 0.349 e. The molecule has 1 atom stereocenters. The number of rotatable bonds is 4. The molecule has 0 amide bonds. The highest BCUT2D eigenvalue weighted by Crippen LogP contribution is 2.23. The highest BCUT2D eigenvalue weighted by molar-refractivity contribution is 5.80. The fourth-order valence-electron chi connectivity index (χ4n) is 2.79. The van der Waals surface area contributed by atoms with Crippen molar-refractivity contribution in [2.75, 3.05) is 20.1 Å². The van der Waals surface area contributed by atoms with E-state index >= 15 is 0 Å². The molecular weight excluding hydrogens is 254 g/mol. The third-order valence-corrected chi connectivity index (χ3v) is 3.58. The molecule has 0 saturated carbocycles. The smallest absolute Gasteiger partial charge is 0.223 e. The lowest BCUT2D eigenvalue weighted by molar-refractivity contribution is 0.385. The molecule has 1 N–H and O–H groups in total. The van der Waals surface area contributed by atoms with Gasteiger partial charge < -0.3 is 14.7 Å². The molecule has 6 nitrogen and oxygen atoms in total. The Balaban J connectivity index is 1.84. The number of guanidine groups is 1. The highest BCUT2D eigenvalue weighted by atomic mass is 16.5. The van der Waals surface area contributed by atoms with E-state index in [4.69, 9.17) is 4.52 Å². The van der Waals surface area contributed by atoms with E-state index in [1.54, 1.807) is 6.92 Å². The molecule has 0 aliphatic carbocycles. The molecule has 1 fully saturated rings. The van der Waals surface area contributed by atoms with Crippen LogP contribution in [-0.4, -0.2) is 41.1 Å². The Morgan fingerprint density at radius 2 is 2.35 bits per heavy atom. The van der Waals surface area contributed by atoms with Gasteiger partial charge in [0.25, 0.3) is 0 Å². The van der Waals surface area contributed by atoms with Crippen molar-refractivity contribution in [2.24, 2.45) is 16.8 Å². The van der Waals surface area contributed by atoms with Crippen molar-refractivity contribution in [3.8, 4) is 0 Å². The van der Waals surface area contributed by atoms with Gasteiger partial charge in [-0.05, 0) is 24.7 Å². The lowest BCUT2D eigenvalue weighted by Crippen LogP contribution is -2.39. The van der Waals surface area contributed by atoms with Gasteiger partial charge in [-0.25, -0.2) is 0 Å². The molecule has 0 aromatic carbocycles. The van der Waals surface area contributed by atoms with Gasteiger partial charge in [-0.3, -0.25) is 4.99 Å². The molecule has 6 heteroatoms. The molecule has 112 valence electrons. The summed E-state index contributed by atoms with van der Waals surface area (Å²) in [4.78, 5) is 10.9. The van der Waals surface area contributed by atoms with E-state index in [1.165, 1.54) is 12.8 Å². The number of likely N-dealkylation sites (tertiary alicyclic amines) is 1. The zero-order chi connectivity index (χ0) is 14.5. The van der Waals surface area contributed by atoms with Crippen molar-refractivity contribution < 1.29 is 4.52 Å². The summed E-state index contributed by atoms with van der Waals surface area (Å²) in [5.41, 5.74) is 0. The average Bonchev–Trinajstić information content (AvgIpc) is 2.99. The van der Waals surface area contributed by atoms with Gasteiger partial charge in [0.15, 0.2) is 11.8 Å². The number of hydrogen-bond donors (Lipinski definition) is 1. The molecule has 0 spiro atoms. The Bertz CT molecular complexity index is 454. The van der Waals surface area contributed by atoms with Crippen LogP contribution in [0.25, 0.3) is 0 Å². The van der Waals surface area contributed by atoms with Crippen molar-refractivity contribution in [1.29, 1.82) is 0 Å². The monoisotopic (exact) mass is 279 g/mol. The Morgan fingerprint density at radius 1 is 1.55 bits per heavy atom. The maximum Gasteiger partial charge on any atom is 0.223 e. The number of hydrogen-bond acceptors (Lipinski definition) is 4. The molecule has 0 radical (unpaired) electrons. The Hall–Kier alpha value is -1.59. The number of aliphatic imine (C=N–C) groups is 1. The van der Waals surface area contributed by atoms with Crippen LogP contribution in [0.5, 0.6) is 0 Å². The first-order chi connectivity index (χ1) is 9.58. The number of aryl methyl sites for hydroxylation is 1. The zero-order valence-corrected chi connectivity index (χ0v) is 12.9. The minimum Gasteiger partial charge on any atom is -0.349 e. The molecule has 2 rings (SSSR count). The number of aromatic nitrogens is 2. The van der Waals surface area contributed by atoms with Crippen LogP contribution in [0.15, 0.2) is 9.52 Å². The van der Waals surface area contributed by atoms with E-state index in [1.807, 2.05) is 7.05 Å². The van der Waals surface area contributed by atoms with Crippen LogP contribution < -0.4 is 5.32 Å². The van der Waals surface area contributed by atoms with Crippen molar-refractivity contribution in [2.45, 2.75) is 40.2 Å². The zero-order valence-electron chi connectivity index (χ0n) is 12.9. The fraction of sp³-hybridized carbons (Fsp3) is 0.786. The standard InChI is InChI=1S/C14H25N5O/c1-10(2)7-12-5-6-19(9-12)14(15-4)16-8-13-17-11(3)20-18-13/h10,12H,5-9H2,1-4H3,(H,15,16). The maximum atomic E-state index is 4.96. The summed E-state index contributed by atoms with van der Waals surface area (Å²) >= 11 is 0. The maximum absolute atomic E-state index is 4.96. The van der Waals surface area contributed by atoms with Gasteiger partial charge in [0, 0.05) is 27.1 Å².